The molecule has 0 aliphatic carbocycles. The Morgan fingerprint density at radius 2 is 0.971 bits per heavy atom. The number of carbonyl (C=O) groups excluding carboxylic acids is 1. The molecule has 0 radical (unpaired) electrons. The summed E-state index contributed by atoms with van der Waals surface area (Å²) in [6, 6.07) is 9.30. The Kier molecular flexibility index (Phi) is 40.9. The Hall–Kier alpha value is -2.01. The Labute approximate surface area is 424 Å². The molecule has 1 amide bonds. The molecular formula is C60H109NO8. The van der Waals surface area contributed by atoms with Gasteiger partial charge in [-0.3, -0.25) is 4.79 Å². The van der Waals surface area contributed by atoms with Crippen LogP contribution in [0.15, 0.2) is 42.7 Å². The van der Waals surface area contributed by atoms with Crippen LogP contribution in [0.4, 0.5) is 0 Å². The second-order valence-electron chi connectivity index (χ2n) is 21.0. The van der Waals surface area contributed by atoms with E-state index in [-0.39, 0.29) is 19.1 Å². The van der Waals surface area contributed by atoms with Gasteiger partial charge in [0.2, 0.25) is 5.91 Å². The van der Waals surface area contributed by atoms with Gasteiger partial charge in [0, 0.05) is 12.8 Å². The molecule has 9 heteroatoms. The third kappa shape index (κ3) is 34.1. The van der Waals surface area contributed by atoms with Gasteiger partial charge in [0.25, 0.3) is 0 Å². The molecule has 5 N–H and O–H groups in total. The summed E-state index contributed by atoms with van der Waals surface area (Å²) in [5.41, 5.74) is 1.15. The van der Waals surface area contributed by atoms with E-state index in [4.69, 9.17) is 14.2 Å². The second kappa shape index (κ2) is 44.7. The minimum atomic E-state index is -1.53. The van der Waals surface area contributed by atoms with E-state index in [1.165, 1.54) is 193 Å². The van der Waals surface area contributed by atoms with E-state index >= 15 is 0 Å². The molecule has 1 fully saturated rings. The van der Waals surface area contributed by atoms with Gasteiger partial charge >= 0.3 is 0 Å². The molecule has 0 spiro atoms. The second-order valence-corrected chi connectivity index (χ2v) is 21.0. The maximum absolute atomic E-state index is 13.3. The molecule has 0 saturated carbocycles. The number of aryl methyl sites for hydroxylation is 1. The van der Waals surface area contributed by atoms with Crippen LogP contribution >= 0.6 is 0 Å². The number of hydrogen-bond donors (Lipinski definition) is 5. The molecule has 7 atom stereocenters. The highest BCUT2D eigenvalue weighted by molar-refractivity contribution is 5.76. The minimum Gasteiger partial charge on any atom is -0.496 e. The number of carbonyl (C=O) groups is 1. The van der Waals surface area contributed by atoms with Crippen molar-refractivity contribution < 1.29 is 39.4 Å². The first kappa shape index (κ1) is 63.1. The average Bonchev–Trinajstić information content (AvgIpc) is 3.35. The summed E-state index contributed by atoms with van der Waals surface area (Å²) in [7, 11) is 0. The molecule has 0 aromatic heterocycles. The fraction of sp³-hybridized carbons (Fsp3) is 0.850. The highest BCUT2D eigenvalue weighted by Crippen LogP contribution is 2.25. The van der Waals surface area contributed by atoms with E-state index in [1.54, 1.807) is 0 Å². The Morgan fingerprint density at radius 1 is 0.565 bits per heavy atom. The van der Waals surface area contributed by atoms with E-state index in [0.717, 1.165) is 50.5 Å². The van der Waals surface area contributed by atoms with Crippen LogP contribution in [-0.4, -0.2) is 82.4 Å². The van der Waals surface area contributed by atoms with Gasteiger partial charge in [-0.2, -0.15) is 0 Å². The summed E-state index contributed by atoms with van der Waals surface area (Å²) in [5.74, 6) is 0.393. The zero-order valence-corrected chi connectivity index (χ0v) is 44.8. The fourth-order valence-electron chi connectivity index (χ4n) is 9.76. The highest BCUT2D eigenvalue weighted by Gasteiger charge is 2.45. The Bertz CT molecular complexity index is 1300. The lowest BCUT2D eigenvalue weighted by Crippen LogP contribution is -2.60. The summed E-state index contributed by atoms with van der Waals surface area (Å²) in [4.78, 5) is 13.3. The topological polar surface area (TPSA) is 138 Å². The van der Waals surface area contributed by atoms with Crippen LogP contribution in [0.25, 0.3) is 0 Å². The Morgan fingerprint density at radius 3 is 1.41 bits per heavy atom. The van der Waals surface area contributed by atoms with Gasteiger partial charge < -0.3 is 40.0 Å². The van der Waals surface area contributed by atoms with Gasteiger partial charge in [0.05, 0.1) is 24.5 Å². The molecule has 402 valence electrons. The summed E-state index contributed by atoms with van der Waals surface area (Å²) in [6.45, 7) is 8.35. The van der Waals surface area contributed by atoms with Crippen LogP contribution in [0.5, 0.6) is 0 Å². The number of unbranched alkanes of at least 4 members (excludes halogenated alkanes) is 34. The van der Waals surface area contributed by atoms with Crippen LogP contribution in [-0.2, 0) is 25.4 Å². The standard InChI is InChI=1S/C60H109NO8/c1-4-6-8-10-12-14-16-18-19-20-21-22-23-24-25-26-27-29-31-33-35-37-42-46-56(63)61-53(54(62)45-41-36-34-32-30-28-17-15-13-11-9-7-5-2)49-68-60-59(66)58(65)57(64)55(69-60)50-67-51(3)47-48-52-43-39-38-40-44-52/h38-40,43-44,53-55,57-60,62,64-66H,3-37,41-42,45-50H2,1-2H3,(H,61,63)/t53-,54+,55+,57-,58-,59+,60-/m0/s1. The number of amides is 1. The van der Waals surface area contributed by atoms with Gasteiger partial charge in [-0.15, -0.1) is 0 Å². The van der Waals surface area contributed by atoms with E-state index in [1.807, 2.05) is 30.3 Å². The number of allylic oxidation sites excluding steroid dienone is 1. The van der Waals surface area contributed by atoms with Crippen molar-refractivity contribution in [2.24, 2.45) is 0 Å². The molecule has 0 unspecified atom stereocenters. The first-order chi connectivity index (χ1) is 33.8. The number of aliphatic hydroxyl groups excluding tert-OH is 4. The zero-order valence-electron chi connectivity index (χ0n) is 44.8. The lowest BCUT2D eigenvalue weighted by Gasteiger charge is -2.40. The number of benzene rings is 1. The summed E-state index contributed by atoms with van der Waals surface area (Å²) >= 11 is 0. The van der Waals surface area contributed by atoms with Crippen molar-refractivity contribution in [1.82, 2.24) is 5.32 Å². The molecule has 2 rings (SSSR count). The number of ether oxygens (including phenoxy) is 3. The molecular weight excluding hydrogens is 863 g/mol. The fourth-order valence-corrected chi connectivity index (χ4v) is 9.76. The zero-order chi connectivity index (χ0) is 49.8. The van der Waals surface area contributed by atoms with E-state index in [0.29, 0.717) is 25.0 Å². The third-order valence-electron chi connectivity index (χ3n) is 14.5. The van der Waals surface area contributed by atoms with Crippen LogP contribution in [0, 0.1) is 0 Å². The average molecular weight is 973 g/mol. The maximum Gasteiger partial charge on any atom is 0.220 e. The number of hydrogen-bond acceptors (Lipinski definition) is 8. The first-order valence-electron chi connectivity index (χ1n) is 29.4. The summed E-state index contributed by atoms with van der Waals surface area (Å²) in [5, 5.41) is 46.8. The predicted molar refractivity (Wildman–Crippen MR) is 287 cm³/mol. The molecule has 1 saturated heterocycles. The number of aliphatic hydroxyl groups is 4. The largest absolute Gasteiger partial charge is 0.496 e. The molecule has 1 heterocycles. The smallest absolute Gasteiger partial charge is 0.220 e. The van der Waals surface area contributed by atoms with Crippen molar-refractivity contribution in [3.05, 3.63) is 48.2 Å². The maximum atomic E-state index is 13.3. The van der Waals surface area contributed by atoms with Crippen molar-refractivity contribution in [3.63, 3.8) is 0 Å². The highest BCUT2D eigenvalue weighted by atomic mass is 16.7. The van der Waals surface area contributed by atoms with E-state index in [9.17, 15) is 25.2 Å². The lowest BCUT2D eigenvalue weighted by molar-refractivity contribution is -0.303. The molecule has 0 bridgehead atoms. The monoisotopic (exact) mass is 972 g/mol. The molecule has 1 aliphatic heterocycles. The van der Waals surface area contributed by atoms with Gasteiger partial charge in [0.15, 0.2) is 6.29 Å². The number of rotatable bonds is 49. The van der Waals surface area contributed by atoms with Crippen molar-refractivity contribution in [1.29, 1.82) is 0 Å². The quantitative estimate of drug-likeness (QED) is 0.0322. The molecule has 69 heavy (non-hydrogen) atoms. The lowest BCUT2D eigenvalue weighted by atomic mass is 9.99. The van der Waals surface area contributed by atoms with Gasteiger partial charge in [-0.05, 0) is 24.8 Å². The first-order valence-corrected chi connectivity index (χ1v) is 29.4. The molecule has 1 aromatic carbocycles. The van der Waals surface area contributed by atoms with E-state index < -0.39 is 42.9 Å². The van der Waals surface area contributed by atoms with Crippen LogP contribution in [0.3, 0.4) is 0 Å². The predicted octanol–water partition coefficient (Wildman–Crippen LogP) is 14.7. The van der Waals surface area contributed by atoms with Crippen LogP contribution in [0.1, 0.15) is 270 Å². The van der Waals surface area contributed by atoms with Crippen LogP contribution in [0.2, 0.25) is 0 Å². The molecule has 1 aromatic rings. The minimum absolute atomic E-state index is 0.0835. The van der Waals surface area contributed by atoms with Crippen molar-refractivity contribution in [3.8, 4) is 0 Å². The van der Waals surface area contributed by atoms with Crippen molar-refractivity contribution >= 4 is 5.91 Å². The van der Waals surface area contributed by atoms with Gasteiger partial charge in [0.1, 0.15) is 31.0 Å². The van der Waals surface area contributed by atoms with Crippen LogP contribution < -0.4 is 5.32 Å². The third-order valence-corrected chi connectivity index (χ3v) is 14.5. The van der Waals surface area contributed by atoms with Gasteiger partial charge in [-0.1, -0.05) is 275 Å². The molecule has 1 aliphatic rings. The summed E-state index contributed by atoms with van der Waals surface area (Å²) in [6.07, 6.45) is 41.3. The SMILES string of the molecule is C=C(CCc1ccccc1)OC[C@H]1O[C@H](OC[C@H](NC(=O)CCCCCCCCCCCCCCCCCCCCCCCCC)[C@H](O)CCCCCCCCCCCCCCC)[C@H](O)[C@@H](O)[C@H]1O. The molecule has 9 nitrogen and oxygen atoms in total. The Balaban J connectivity index is 1.68. The number of nitrogens with one attached hydrogen (secondary N) is 1. The van der Waals surface area contributed by atoms with Crippen molar-refractivity contribution in [2.75, 3.05) is 13.2 Å². The van der Waals surface area contributed by atoms with E-state index in [2.05, 4.69) is 25.7 Å². The van der Waals surface area contributed by atoms with Gasteiger partial charge in [-0.25, -0.2) is 0 Å². The summed E-state index contributed by atoms with van der Waals surface area (Å²) < 4.78 is 17.8. The normalized spacial score (nSPS) is 19.1. The van der Waals surface area contributed by atoms with Crippen molar-refractivity contribution in [2.45, 2.75) is 314 Å².